The molecule has 0 atom stereocenters. The number of ether oxygens (including phenoxy) is 1. The molecule has 0 heterocycles. The first-order chi connectivity index (χ1) is 10.1. The SMILES string of the molecule is CC(=CCOc1ccc(Cc2ccccc2)cc1)C(=O)O. The van der Waals surface area contributed by atoms with Crippen LogP contribution in [-0.4, -0.2) is 17.7 Å². The number of carbonyl (C=O) groups is 1. The van der Waals surface area contributed by atoms with E-state index in [4.69, 9.17) is 9.84 Å². The fourth-order valence-corrected chi connectivity index (χ4v) is 1.89. The van der Waals surface area contributed by atoms with Gasteiger partial charge in [-0.1, -0.05) is 42.5 Å². The highest BCUT2D eigenvalue weighted by Crippen LogP contribution is 2.15. The molecule has 3 heteroatoms. The molecule has 0 fully saturated rings. The summed E-state index contributed by atoms with van der Waals surface area (Å²) in [5.41, 5.74) is 2.77. The Hall–Kier alpha value is -2.55. The molecule has 0 aliphatic heterocycles. The first-order valence-electron chi connectivity index (χ1n) is 6.81. The summed E-state index contributed by atoms with van der Waals surface area (Å²) in [6.45, 7) is 1.81. The van der Waals surface area contributed by atoms with Gasteiger partial charge in [0.15, 0.2) is 0 Å². The highest BCUT2D eigenvalue weighted by atomic mass is 16.5. The van der Waals surface area contributed by atoms with Crippen LogP contribution in [0.25, 0.3) is 0 Å². The van der Waals surface area contributed by atoms with Gasteiger partial charge in [-0.15, -0.1) is 0 Å². The van der Waals surface area contributed by atoms with Crippen LogP contribution in [0.4, 0.5) is 0 Å². The van der Waals surface area contributed by atoms with Crippen molar-refractivity contribution in [2.45, 2.75) is 13.3 Å². The zero-order valence-corrected chi connectivity index (χ0v) is 12.0. The minimum absolute atomic E-state index is 0.260. The van der Waals surface area contributed by atoms with Crippen LogP contribution in [-0.2, 0) is 11.2 Å². The van der Waals surface area contributed by atoms with Gasteiger partial charge >= 0.3 is 5.97 Å². The summed E-state index contributed by atoms with van der Waals surface area (Å²) in [5, 5.41) is 8.73. The number of rotatable bonds is 6. The van der Waals surface area contributed by atoms with Crippen molar-refractivity contribution in [3.63, 3.8) is 0 Å². The van der Waals surface area contributed by atoms with E-state index >= 15 is 0 Å². The van der Waals surface area contributed by atoms with Gasteiger partial charge in [-0.2, -0.15) is 0 Å². The fraction of sp³-hybridized carbons (Fsp3) is 0.167. The van der Waals surface area contributed by atoms with E-state index in [1.165, 1.54) is 11.1 Å². The highest BCUT2D eigenvalue weighted by Gasteiger charge is 2.00. The lowest BCUT2D eigenvalue weighted by molar-refractivity contribution is -0.132. The van der Waals surface area contributed by atoms with Gasteiger partial charge in [-0.05, 0) is 42.7 Å². The van der Waals surface area contributed by atoms with E-state index in [0.717, 1.165) is 12.2 Å². The van der Waals surface area contributed by atoms with Gasteiger partial charge in [-0.25, -0.2) is 4.79 Å². The molecule has 2 aromatic carbocycles. The molecule has 21 heavy (non-hydrogen) atoms. The van der Waals surface area contributed by atoms with Crippen LogP contribution in [0.1, 0.15) is 18.1 Å². The maximum atomic E-state index is 10.6. The second-order valence-electron chi connectivity index (χ2n) is 4.81. The zero-order chi connectivity index (χ0) is 15.1. The van der Waals surface area contributed by atoms with Crippen LogP contribution in [0.2, 0.25) is 0 Å². The van der Waals surface area contributed by atoms with Crippen molar-refractivity contribution in [2.75, 3.05) is 6.61 Å². The van der Waals surface area contributed by atoms with Crippen molar-refractivity contribution in [1.82, 2.24) is 0 Å². The minimum atomic E-state index is -0.920. The van der Waals surface area contributed by atoms with Gasteiger partial charge in [0.2, 0.25) is 0 Å². The summed E-state index contributed by atoms with van der Waals surface area (Å²) in [7, 11) is 0. The smallest absolute Gasteiger partial charge is 0.331 e. The number of hydrogen-bond acceptors (Lipinski definition) is 2. The van der Waals surface area contributed by atoms with Gasteiger partial charge in [-0.3, -0.25) is 0 Å². The lowest BCUT2D eigenvalue weighted by Gasteiger charge is -2.06. The third-order valence-corrected chi connectivity index (χ3v) is 3.15. The Balaban J connectivity index is 1.90. The Labute approximate surface area is 124 Å². The molecule has 2 aromatic rings. The molecular weight excluding hydrogens is 264 g/mol. The summed E-state index contributed by atoms with van der Waals surface area (Å²) < 4.78 is 5.49. The largest absolute Gasteiger partial charge is 0.490 e. The minimum Gasteiger partial charge on any atom is -0.490 e. The van der Waals surface area contributed by atoms with E-state index in [1.807, 2.05) is 42.5 Å². The summed E-state index contributed by atoms with van der Waals surface area (Å²) in [4.78, 5) is 10.6. The quantitative estimate of drug-likeness (QED) is 0.822. The second kappa shape index (κ2) is 7.29. The third kappa shape index (κ3) is 4.80. The lowest BCUT2D eigenvalue weighted by atomic mass is 10.1. The van der Waals surface area contributed by atoms with Gasteiger partial charge < -0.3 is 9.84 Å². The van der Waals surface area contributed by atoms with Crippen molar-refractivity contribution in [2.24, 2.45) is 0 Å². The Morgan fingerprint density at radius 2 is 1.67 bits per heavy atom. The number of benzene rings is 2. The van der Waals surface area contributed by atoms with Crippen molar-refractivity contribution in [1.29, 1.82) is 0 Å². The molecular formula is C18H18O3. The maximum Gasteiger partial charge on any atom is 0.331 e. The average molecular weight is 282 g/mol. The Kier molecular flexibility index (Phi) is 5.16. The van der Waals surface area contributed by atoms with Crippen molar-refractivity contribution >= 4 is 5.97 Å². The second-order valence-corrected chi connectivity index (χ2v) is 4.81. The Morgan fingerprint density at radius 3 is 2.29 bits per heavy atom. The molecule has 108 valence electrons. The van der Waals surface area contributed by atoms with Crippen LogP contribution in [0.15, 0.2) is 66.2 Å². The molecule has 2 rings (SSSR count). The summed E-state index contributed by atoms with van der Waals surface area (Å²) in [6.07, 6.45) is 2.44. The van der Waals surface area contributed by atoms with E-state index < -0.39 is 5.97 Å². The number of aliphatic carboxylic acids is 1. The standard InChI is InChI=1S/C18H18O3/c1-14(18(19)20)11-12-21-17-9-7-16(8-10-17)13-15-5-3-2-4-6-15/h2-11H,12-13H2,1H3,(H,19,20). The van der Waals surface area contributed by atoms with Gasteiger partial charge in [0.25, 0.3) is 0 Å². The van der Waals surface area contributed by atoms with E-state index in [0.29, 0.717) is 0 Å². The number of carboxylic acids is 1. The molecule has 0 aromatic heterocycles. The molecule has 3 nitrogen and oxygen atoms in total. The zero-order valence-electron chi connectivity index (χ0n) is 12.0. The summed E-state index contributed by atoms with van der Waals surface area (Å²) >= 11 is 0. The van der Waals surface area contributed by atoms with E-state index in [-0.39, 0.29) is 12.2 Å². The molecule has 0 aliphatic carbocycles. The van der Waals surface area contributed by atoms with Gasteiger partial charge in [0.1, 0.15) is 12.4 Å². The maximum absolute atomic E-state index is 10.6. The number of hydrogen-bond donors (Lipinski definition) is 1. The van der Waals surface area contributed by atoms with E-state index in [9.17, 15) is 4.79 Å². The molecule has 0 radical (unpaired) electrons. The molecule has 1 N–H and O–H groups in total. The van der Waals surface area contributed by atoms with Crippen LogP contribution in [0, 0.1) is 0 Å². The van der Waals surface area contributed by atoms with E-state index in [2.05, 4.69) is 12.1 Å². The third-order valence-electron chi connectivity index (χ3n) is 3.15. The van der Waals surface area contributed by atoms with Gasteiger partial charge in [0.05, 0.1) is 0 Å². The molecule has 0 saturated heterocycles. The van der Waals surface area contributed by atoms with Crippen LogP contribution < -0.4 is 4.74 Å². The molecule has 0 aliphatic rings. The molecule has 0 unspecified atom stereocenters. The van der Waals surface area contributed by atoms with Crippen molar-refractivity contribution < 1.29 is 14.6 Å². The molecule has 0 saturated carbocycles. The summed E-state index contributed by atoms with van der Waals surface area (Å²) in [6, 6.07) is 18.1. The van der Waals surface area contributed by atoms with Crippen molar-refractivity contribution in [3.8, 4) is 5.75 Å². The number of carboxylic acid groups (broad SMARTS) is 1. The predicted molar refractivity (Wildman–Crippen MR) is 82.6 cm³/mol. The fourth-order valence-electron chi connectivity index (χ4n) is 1.89. The monoisotopic (exact) mass is 282 g/mol. The Bertz CT molecular complexity index is 613. The van der Waals surface area contributed by atoms with Gasteiger partial charge in [0, 0.05) is 5.57 Å². The van der Waals surface area contributed by atoms with Crippen LogP contribution in [0.5, 0.6) is 5.75 Å². The summed E-state index contributed by atoms with van der Waals surface area (Å²) in [5.74, 6) is -0.182. The van der Waals surface area contributed by atoms with Crippen molar-refractivity contribution in [3.05, 3.63) is 77.4 Å². The van der Waals surface area contributed by atoms with Crippen LogP contribution in [0.3, 0.4) is 0 Å². The first-order valence-corrected chi connectivity index (χ1v) is 6.81. The van der Waals surface area contributed by atoms with Crippen LogP contribution >= 0.6 is 0 Å². The molecule has 0 bridgehead atoms. The van der Waals surface area contributed by atoms with E-state index in [1.54, 1.807) is 13.0 Å². The predicted octanol–water partition coefficient (Wildman–Crippen LogP) is 3.69. The topological polar surface area (TPSA) is 46.5 Å². The molecule has 0 spiro atoms. The highest BCUT2D eigenvalue weighted by molar-refractivity contribution is 5.85. The molecule has 0 amide bonds. The lowest BCUT2D eigenvalue weighted by Crippen LogP contribution is -2.00. The normalized spacial score (nSPS) is 11.2. The Morgan fingerprint density at radius 1 is 1.05 bits per heavy atom. The average Bonchev–Trinajstić information content (AvgIpc) is 2.50. The first kappa shape index (κ1) is 14.9.